The lowest BCUT2D eigenvalue weighted by Crippen LogP contribution is -2.26. The van der Waals surface area contributed by atoms with Gasteiger partial charge in [-0.1, -0.05) is 31.5 Å². The van der Waals surface area contributed by atoms with Gasteiger partial charge in [0.25, 0.3) is 0 Å². The number of rotatable bonds is 2. The van der Waals surface area contributed by atoms with Gasteiger partial charge in [0.1, 0.15) is 5.60 Å². The molecule has 1 rings (SSSR count). The Morgan fingerprint density at radius 1 is 1.38 bits per heavy atom. The SMILES string of the molecule is CC(Cl)=CC1C(C(=O)OC(C)(C)C)C1(C)C. The zero-order valence-electron chi connectivity index (χ0n) is 10.9. The molecule has 1 aliphatic carbocycles. The molecule has 2 atom stereocenters. The van der Waals surface area contributed by atoms with E-state index in [-0.39, 0.29) is 23.2 Å². The van der Waals surface area contributed by atoms with Gasteiger partial charge in [0.15, 0.2) is 0 Å². The van der Waals surface area contributed by atoms with E-state index in [2.05, 4.69) is 13.8 Å². The van der Waals surface area contributed by atoms with Crippen LogP contribution in [0.3, 0.4) is 0 Å². The van der Waals surface area contributed by atoms with Gasteiger partial charge in [0.2, 0.25) is 0 Å². The van der Waals surface area contributed by atoms with Gasteiger partial charge >= 0.3 is 5.97 Å². The summed E-state index contributed by atoms with van der Waals surface area (Å²) in [6, 6.07) is 0. The summed E-state index contributed by atoms with van der Waals surface area (Å²) in [7, 11) is 0. The lowest BCUT2D eigenvalue weighted by atomic mass is 10.1. The number of halogens is 1. The van der Waals surface area contributed by atoms with Crippen LogP contribution in [0, 0.1) is 17.3 Å². The van der Waals surface area contributed by atoms with Gasteiger partial charge in [-0.15, -0.1) is 0 Å². The van der Waals surface area contributed by atoms with Crippen molar-refractivity contribution in [3.63, 3.8) is 0 Å². The molecule has 0 heterocycles. The molecule has 2 nitrogen and oxygen atoms in total. The highest BCUT2D eigenvalue weighted by Crippen LogP contribution is 2.60. The van der Waals surface area contributed by atoms with Crippen LogP contribution < -0.4 is 0 Å². The summed E-state index contributed by atoms with van der Waals surface area (Å²) in [5, 5.41) is 0.740. The minimum Gasteiger partial charge on any atom is -0.460 e. The first-order chi connectivity index (χ1) is 7.05. The summed E-state index contributed by atoms with van der Waals surface area (Å²) in [4.78, 5) is 11.9. The van der Waals surface area contributed by atoms with E-state index in [9.17, 15) is 4.79 Å². The molecule has 0 amide bonds. The number of allylic oxidation sites excluding steroid dienone is 2. The van der Waals surface area contributed by atoms with Crippen LogP contribution in [-0.2, 0) is 9.53 Å². The molecule has 1 aliphatic rings. The lowest BCUT2D eigenvalue weighted by molar-refractivity contribution is -0.157. The second kappa shape index (κ2) is 4.06. The van der Waals surface area contributed by atoms with E-state index in [0.717, 1.165) is 5.03 Å². The van der Waals surface area contributed by atoms with Crippen LogP contribution in [0.4, 0.5) is 0 Å². The Labute approximate surface area is 103 Å². The van der Waals surface area contributed by atoms with E-state index in [0.29, 0.717) is 0 Å². The third-order valence-electron chi connectivity index (χ3n) is 2.98. The summed E-state index contributed by atoms with van der Waals surface area (Å²) in [6.07, 6.45) is 1.95. The second-order valence-electron chi connectivity index (χ2n) is 6.11. The number of esters is 1. The third-order valence-corrected chi connectivity index (χ3v) is 3.11. The van der Waals surface area contributed by atoms with Gasteiger partial charge < -0.3 is 4.74 Å². The molecule has 1 saturated carbocycles. The Hall–Kier alpha value is -0.500. The molecule has 0 spiro atoms. The van der Waals surface area contributed by atoms with Gasteiger partial charge in [0, 0.05) is 5.03 Å². The minimum atomic E-state index is -0.417. The molecule has 0 radical (unpaired) electrons. The molecule has 2 unspecified atom stereocenters. The molecule has 0 aliphatic heterocycles. The molecule has 0 aromatic rings. The van der Waals surface area contributed by atoms with Crippen molar-refractivity contribution in [3.8, 4) is 0 Å². The van der Waals surface area contributed by atoms with Crippen molar-refractivity contribution >= 4 is 17.6 Å². The Kier molecular flexibility index (Phi) is 3.45. The van der Waals surface area contributed by atoms with Gasteiger partial charge in [-0.05, 0) is 39.0 Å². The number of carbonyl (C=O) groups excluding carboxylic acids is 1. The van der Waals surface area contributed by atoms with E-state index >= 15 is 0 Å². The van der Waals surface area contributed by atoms with Gasteiger partial charge in [0.05, 0.1) is 5.92 Å². The van der Waals surface area contributed by atoms with E-state index in [1.54, 1.807) is 0 Å². The second-order valence-corrected chi connectivity index (χ2v) is 6.71. The first-order valence-corrected chi connectivity index (χ1v) is 6.00. The van der Waals surface area contributed by atoms with E-state index in [1.165, 1.54) is 0 Å². The summed E-state index contributed by atoms with van der Waals surface area (Å²) in [6.45, 7) is 11.6. The quantitative estimate of drug-likeness (QED) is 0.692. The van der Waals surface area contributed by atoms with Gasteiger partial charge in [-0.2, -0.15) is 0 Å². The smallest absolute Gasteiger partial charge is 0.310 e. The average Bonchev–Trinajstić information content (AvgIpc) is 2.47. The molecule has 0 aromatic heterocycles. The topological polar surface area (TPSA) is 26.3 Å². The monoisotopic (exact) mass is 244 g/mol. The van der Waals surface area contributed by atoms with E-state index < -0.39 is 5.60 Å². The molecule has 0 aromatic carbocycles. The van der Waals surface area contributed by atoms with Crippen molar-refractivity contribution in [2.24, 2.45) is 17.3 Å². The maximum atomic E-state index is 11.9. The van der Waals surface area contributed by atoms with Crippen LogP contribution >= 0.6 is 11.6 Å². The molecule has 0 bridgehead atoms. The fourth-order valence-corrected chi connectivity index (χ4v) is 2.19. The van der Waals surface area contributed by atoms with Crippen LogP contribution in [0.1, 0.15) is 41.5 Å². The van der Waals surface area contributed by atoms with Crippen LogP contribution in [0.5, 0.6) is 0 Å². The van der Waals surface area contributed by atoms with Gasteiger partial charge in [-0.3, -0.25) is 4.79 Å². The maximum Gasteiger partial charge on any atom is 0.310 e. The van der Waals surface area contributed by atoms with Crippen molar-refractivity contribution in [1.82, 2.24) is 0 Å². The molecule has 92 valence electrons. The van der Waals surface area contributed by atoms with Crippen molar-refractivity contribution in [3.05, 3.63) is 11.1 Å². The zero-order valence-corrected chi connectivity index (χ0v) is 11.7. The highest BCUT2D eigenvalue weighted by Gasteiger charge is 2.61. The highest BCUT2D eigenvalue weighted by molar-refractivity contribution is 6.29. The summed E-state index contributed by atoms with van der Waals surface area (Å²) >= 11 is 5.85. The molecule has 1 fully saturated rings. The lowest BCUT2D eigenvalue weighted by Gasteiger charge is -2.19. The first-order valence-electron chi connectivity index (χ1n) is 5.62. The van der Waals surface area contributed by atoms with Crippen LogP contribution in [0.2, 0.25) is 0 Å². The predicted molar refractivity (Wildman–Crippen MR) is 66.2 cm³/mol. The Bertz CT molecular complexity index is 319. The molecule has 0 saturated heterocycles. The summed E-state index contributed by atoms with van der Waals surface area (Å²) in [5.41, 5.74) is -0.446. The van der Waals surface area contributed by atoms with Crippen molar-refractivity contribution in [2.75, 3.05) is 0 Å². The van der Waals surface area contributed by atoms with Crippen LogP contribution in [0.25, 0.3) is 0 Å². The van der Waals surface area contributed by atoms with E-state index in [4.69, 9.17) is 16.3 Å². The predicted octanol–water partition coefficient (Wildman–Crippen LogP) is 3.74. The van der Waals surface area contributed by atoms with Crippen LogP contribution in [0.15, 0.2) is 11.1 Å². The third kappa shape index (κ3) is 3.00. The summed E-state index contributed by atoms with van der Waals surface area (Å²) in [5.74, 6) is 0.0388. The Morgan fingerprint density at radius 3 is 2.25 bits per heavy atom. The average molecular weight is 245 g/mol. The standard InChI is InChI=1S/C13H21ClO2/c1-8(14)7-9-10(13(9,5)6)11(15)16-12(2,3)4/h7,9-10H,1-6H3. The van der Waals surface area contributed by atoms with Gasteiger partial charge in [-0.25, -0.2) is 0 Å². The Balaban J connectivity index is 2.70. The van der Waals surface area contributed by atoms with Crippen LogP contribution in [-0.4, -0.2) is 11.6 Å². The normalized spacial score (nSPS) is 28.8. The minimum absolute atomic E-state index is 0.0293. The molecule has 0 N–H and O–H groups in total. The molecule has 3 heteroatoms. The van der Waals surface area contributed by atoms with E-state index in [1.807, 2.05) is 33.8 Å². The zero-order chi connectivity index (χ0) is 12.7. The number of ether oxygens (including phenoxy) is 1. The number of hydrogen-bond acceptors (Lipinski definition) is 2. The Morgan fingerprint density at radius 2 is 1.88 bits per heavy atom. The number of hydrogen-bond donors (Lipinski definition) is 0. The highest BCUT2D eigenvalue weighted by atomic mass is 35.5. The first kappa shape index (κ1) is 13.6. The summed E-state index contributed by atoms with van der Waals surface area (Å²) < 4.78 is 5.40. The fraction of sp³-hybridized carbons (Fsp3) is 0.769. The number of carbonyl (C=O) groups is 1. The largest absolute Gasteiger partial charge is 0.460 e. The van der Waals surface area contributed by atoms with Crippen molar-refractivity contribution in [2.45, 2.75) is 47.1 Å². The molecular weight excluding hydrogens is 224 g/mol. The fourth-order valence-electron chi connectivity index (χ4n) is 2.05. The molecule has 16 heavy (non-hydrogen) atoms. The maximum absolute atomic E-state index is 11.9. The van der Waals surface area contributed by atoms with Crippen molar-refractivity contribution in [1.29, 1.82) is 0 Å². The molecular formula is C13H21ClO2. The van der Waals surface area contributed by atoms with Crippen molar-refractivity contribution < 1.29 is 9.53 Å².